The summed E-state index contributed by atoms with van der Waals surface area (Å²) in [4.78, 5) is 16.2. The first-order valence-electron chi connectivity index (χ1n) is 8.70. The molecule has 1 heterocycles. The summed E-state index contributed by atoms with van der Waals surface area (Å²) in [6.45, 7) is 4.37. The molecule has 1 fully saturated rings. The van der Waals surface area contributed by atoms with Crippen molar-refractivity contribution in [2.45, 2.75) is 18.7 Å². The summed E-state index contributed by atoms with van der Waals surface area (Å²) in [5, 5.41) is -1.00. The van der Waals surface area contributed by atoms with Gasteiger partial charge in [-0.3, -0.25) is 9.69 Å². The molecule has 0 bridgehead atoms. The molecule has 0 aromatic heterocycles. The van der Waals surface area contributed by atoms with Crippen molar-refractivity contribution in [2.24, 2.45) is 0 Å². The maximum atomic E-state index is 12.3. The Bertz CT molecular complexity index is 772. The monoisotopic (exact) mass is 400 g/mol. The first-order chi connectivity index (χ1) is 12.7. The predicted octanol–water partition coefficient (Wildman–Crippen LogP) is 0.790. The van der Waals surface area contributed by atoms with Gasteiger partial charge in [-0.05, 0) is 13.0 Å². The van der Waals surface area contributed by atoms with Crippen LogP contribution in [-0.2, 0) is 21.2 Å². The van der Waals surface area contributed by atoms with Gasteiger partial charge in [-0.25, -0.2) is 8.42 Å². The largest absolute Gasteiger partial charge is 0.493 e. The second kappa shape index (κ2) is 8.79. The van der Waals surface area contributed by atoms with E-state index in [2.05, 4.69) is 4.90 Å². The molecule has 1 saturated heterocycles. The molecule has 0 aliphatic carbocycles. The van der Waals surface area contributed by atoms with Crippen LogP contribution < -0.4 is 14.2 Å². The van der Waals surface area contributed by atoms with E-state index in [1.54, 1.807) is 26.2 Å². The number of amides is 1. The van der Waals surface area contributed by atoms with Crippen molar-refractivity contribution in [1.82, 2.24) is 9.80 Å². The van der Waals surface area contributed by atoms with Crippen LogP contribution in [0.5, 0.6) is 17.2 Å². The Morgan fingerprint density at radius 3 is 2.11 bits per heavy atom. The standard InChI is InChI=1S/C18H28N2O6S/c1-13(27(5,22)23)18(21)20-10-8-19(9-11-20)12-14-6-7-15(24-2)17(26-4)16(14)25-3/h6-7,13H,8-12H2,1-5H3. The van der Waals surface area contributed by atoms with E-state index in [0.717, 1.165) is 11.8 Å². The van der Waals surface area contributed by atoms with Gasteiger partial charge in [-0.1, -0.05) is 6.07 Å². The van der Waals surface area contributed by atoms with Gasteiger partial charge in [-0.2, -0.15) is 0 Å². The molecule has 1 aromatic carbocycles. The number of methoxy groups -OCH3 is 3. The lowest BCUT2D eigenvalue weighted by Crippen LogP contribution is -2.51. The lowest BCUT2D eigenvalue weighted by molar-refractivity contribution is -0.132. The molecule has 1 aromatic rings. The number of hydrogen-bond acceptors (Lipinski definition) is 7. The molecule has 9 heteroatoms. The smallest absolute Gasteiger partial charge is 0.240 e. The zero-order chi connectivity index (χ0) is 20.2. The zero-order valence-corrected chi connectivity index (χ0v) is 17.3. The molecule has 1 atom stereocenters. The highest BCUT2D eigenvalue weighted by atomic mass is 32.2. The topological polar surface area (TPSA) is 85.4 Å². The van der Waals surface area contributed by atoms with Gasteiger partial charge in [0.05, 0.1) is 21.3 Å². The van der Waals surface area contributed by atoms with Gasteiger partial charge < -0.3 is 19.1 Å². The number of rotatable bonds is 7. The van der Waals surface area contributed by atoms with E-state index < -0.39 is 15.1 Å². The average molecular weight is 400 g/mol. The zero-order valence-electron chi connectivity index (χ0n) is 16.5. The van der Waals surface area contributed by atoms with Crippen molar-refractivity contribution in [3.63, 3.8) is 0 Å². The van der Waals surface area contributed by atoms with E-state index >= 15 is 0 Å². The fourth-order valence-electron chi connectivity index (χ4n) is 3.10. The Labute approximate surface area is 160 Å². The highest BCUT2D eigenvalue weighted by Gasteiger charge is 2.30. The quantitative estimate of drug-likeness (QED) is 0.669. The van der Waals surface area contributed by atoms with Crippen LogP contribution in [0.4, 0.5) is 0 Å². The van der Waals surface area contributed by atoms with Crippen molar-refractivity contribution in [3.05, 3.63) is 17.7 Å². The van der Waals surface area contributed by atoms with E-state index in [1.807, 2.05) is 12.1 Å². The molecule has 8 nitrogen and oxygen atoms in total. The molecule has 1 unspecified atom stereocenters. The minimum Gasteiger partial charge on any atom is -0.493 e. The van der Waals surface area contributed by atoms with Crippen molar-refractivity contribution >= 4 is 15.7 Å². The summed E-state index contributed by atoms with van der Waals surface area (Å²) in [5.41, 5.74) is 0.958. The number of sulfone groups is 1. The van der Waals surface area contributed by atoms with Crippen LogP contribution in [0.1, 0.15) is 12.5 Å². The lowest BCUT2D eigenvalue weighted by atomic mass is 10.1. The molecule has 2 rings (SSSR count). The van der Waals surface area contributed by atoms with Crippen LogP contribution in [0.3, 0.4) is 0 Å². The second-order valence-electron chi connectivity index (χ2n) is 6.57. The Kier molecular flexibility index (Phi) is 6.94. The third kappa shape index (κ3) is 4.84. The number of benzene rings is 1. The molecule has 0 N–H and O–H groups in total. The Balaban J connectivity index is 2.05. The number of carbonyl (C=O) groups is 1. The molecule has 0 spiro atoms. The van der Waals surface area contributed by atoms with Crippen molar-refractivity contribution in [3.8, 4) is 17.2 Å². The van der Waals surface area contributed by atoms with Crippen molar-refractivity contribution < 1.29 is 27.4 Å². The van der Waals surface area contributed by atoms with Crippen LogP contribution in [0.15, 0.2) is 12.1 Å². The number of hydrogen-bond donors (Lipinski definition) is 0. The van der Waals surface area contributed by atoms with Gasteiger partial charge in [0.1, 0.15) is 5.25 Å². The van der Waals surface area contributed by atoms with Gasteiger partial charge in [0.25, 0.3) is 0 Å². The average Bonchev–Trinajstić information content (AvgIpc) is 2.66. The third-order valence-electron chi connectivity index (χ3n) is 4.85. The number of piperazine rings is 1. The fraction of sp³-hybridized carbons (Fsp3) is 0.611. The normalized spacial score (nSPS) is 16.7. The van der Waals surface area contributed by atoms with E-state index in [-0.39, 0.29) is 5.91 Å². The summed E-state index contributed by atoms with van der Waals surface area (Å²) in [7, 11) is 1.34. The third-order valence-corrected chi connectivity index (χ3v) is 6.34. The summed E-state index contributed by atoms with van der Waals surface area (Å²) >= 11 is 0. The molecular formula is C18H28N2O6S. The van der Waals surface area contributed by atoms with Crippen LogP contribution in [0, 0.1) is 0 Å². The van der Waals surface area contributed by atoms with Gasteiger partial charge in [-0.15, -0.1) is 0 Å². The van der Waals surface area contributed by atoms with Gasteiger partial charge >= 0.3 is 0 Å². The number of nitrogens with zero attached hydrogens (tertiary/aromatic N) is 2. The number of carbonyl (C=O) groups excluding carboxylic acids is 1. The summed E-state index contributed by atoms with van der Waals surface area (Å²) in [5.74, 6) is 1.44. The first kappa shape index (κ1) is 21.3. The molecule has 1 amide bonds. The highest BCUT2D eigenvalue weighted by Crippen LogP contribution is 2.40. The van der Waals surface area contributed by atoms with Gasteiger partial charge in [0.15, 0.2) is 21.3 Å². The van der Waals surface area contributed by atoms with Crippen molar-refractivity contribution in [1.29, 1.82) is 0 Å². The van der Waals surface area contributed by atoms with Crippen LogP contribution >= 0.6 is 0 Å². The van der Waals surface area contributed by atoms with E-state index in [0.29, 0.717) is 50.0 Å². The van der Waals surface area contributed by atoms with E-state index in [4.69, 9.17) is 14.2 Å². The van der Waals surface area contributed by atoms with Crippen LogP contribution in [-0.4, -0.2) is 83.1 Å². The predicted molar refractivity (Wildman–Crippen MR) is 102 cm³/mol. The summed E-state index contributed by atoms with van der Waals surface area (Å²) in [6.07, 6.45) is 1.09. The molecule has 1 aliphatic heterocycles. The SMILES string of the molecule is COc1ccc(CN2CCN(C(=O)C(C)S(C)(=O)=O)CC2)c(OC)c1OC. The van der Waals surface area contributed by atoms with Gasteiger partial charge in [0, 0.05) is 44.5 Å². The first-order valence-corrected chi connectivity index (χ1v) is 10.7. The second-order valence-corrected chi connectivity index (χ2v) is 8.93. The van der Waals surface area contributed by atoms with Crippen LogP contribution in [0.2, 0.25) is 0 Å². The minimum atomic E-state index is -3.38. The minimum absolute atomic E-state index is 0.333. The molecule has 27 heavy (non-hydrogen) atoms. The molecule has 0 radical (unpaired) electrons. The van der Waals surface area contributed by atoms with E-state index in [1.165, 1.54) is 6.92 Å². The molecule has 1 aliphatic rings. The Hall–Kier alpha value is -2.00. The number of ether oxygens (including phenoxy) is 3. The maximum Gasteiger partial charge on any atom is 0.240 e. The molecule has 152 valence electrons. The van der Waals surface area contributed by atoms with E-state index in [9.17, 15) is 13.2 Å². The highest BCUT2D eigenvalue weighted by molar-refractivity contribution is 7.92. The maximum absolute atomic E-state index is 12.3. The Morgan fingerprint density at radius 2 is 1.63 bits per heavy atom. The summed E-state index contributed by atoms with van der Waals surface area (Å²) in [6, 6.07) is 3.77. The van der Waals surface area contributed by atoms with Crippen LogP contribution in [0.25, 0.3) is 0 Å². The fourth-order valence-corrected chi connectivity index (χ4v) is 3.61. The van der Waals surface area contributed by atoms with Gasteiger partial charge in [0.2, 0.25) is 11.7 Å². The lowest BCUT2D eigenvalue weighted by Gasteiger charge is -2.36. The molecule has 0 saturated carbocycles. The Morgan fingerprint density at radius 1 is 1.04 bits per heavy atom. The molecular weight excluding hydrogens is 372 g/mol. The van der Waals surface area contributed by atoms with Crippen molar-refractivity contribution in [2.75, 3.05) is 53.8 Å². The summed E-state index contributed by atoms with van der Waals surface area (Å²) < 4.78 is 39.5.